The molecule has 0 aromatic rings. The molecule has 5 heteroatoms. The van der Waals surface area contributed by atoms with Crippen molar-refractivity contribution in [2.45, 2.75) is 66.4 Å². The van der Waals surface area contributed by atoms with Crippen molar-refractivity contribution in [3.63, 3.8) is 0 Å². The summed E-state index contributed by atoms with van der Waals surface area (Å²) in [7, 11) is 0. The van der Waals surface area contributed by atoms with E-state index < -0.39 is 0 Å². The van der Waals surface area contributed by atoms with Crippen molar-refractivity contribution in [1.29, 1.82) is 0 Å². The molecule has 23 heavy (non-hydrogen) atoms. The molecule has 1 N–H and O–H groups in total. The third-order valence-corrected chi connectivity index (χ3v) is 4.02. The largest absolute Gasteiger partial charge is 0.366 e. The number of rotatable bonds is 5. The van der Waals surface area contributed by atoms with Crippen molar-refractivity contribution in [3.8, 4) is 0 Å². The average Bonchev–Trinajstić information content (AvgIpc) is 2.42. The van der Waals surface area contributed by atoms with Gasteiger partial charge in [0.2, 0.25) is 11.8 Å². The Morgan fingerprint density at radius 3 is 2.13 bits per heavy atom. The molecule has 1 aliphatic heterocycles. The number of carbonyl (C=O) groups excluding carboxylic acids is 2. The molecule has 0 aromatic heterocycles. The molecule has 1 fully saturated rings. The Balaban J connectivity index is 2.29. The van der Waals surface area contributed by atoms with E-state index >= 15 is 0 Å². The standard InChI is InChI=1S/C18H34N2O3/c1-17(2,3)9-10-19-16(22)14-7-11-20(12-8-14)15(21)13-23-18(4,5)6/h14H,7-13H2,1-6H3,(H,19,22). The quantitative estimate of drug-likeness (QED) is 0.845. The first-order valence-electron chi connectivity index (χ1n) is 8.67. The molecule has 0 radical (unpaired) electrons. The van der Waals surface area contributed by atoms with Crippen molar-refractivity contribution in [2.24, 2.45) is 11.3 Å². The zero-order valence-electron chi connectivity index (χ0n) is 15.7. The highest BCUT2D eigenvalue weighted by Gasteiger charge is 2.28. The predicted molar refractivity (Wildman–Crippen MR) is 92.1 cm³/mol. The number of nitrogens with one attached hydrogen (secondary N) is 1. The maximum atomic E-state index is 12.2. The Morgan fingerprint density at radius 2 is 1.65 bits per heavy atom. The van der Waals surface area contributed by atoms with Crippen LogP contribution in [0.25, 0.3) is 0 Å². The number of hydrogen-bond acceptors (Lipinski definition) is 3. The molecule has 0 saturated carbocycles. The van der Waals surface area contributed by atoms with Gasteiger partial charge in [-0.25, -0.2) is 0 Å². The van der Waals surface area contributed by atoms with Gasteiger partial charge in [-0.1, -0.05) is 20.8 Å². The number of likely N-dealkylation sites (tertiary alicyclic amines) is 1. The predicted octanol–water partition coefficient (Wildman–Crippen LogP) is 2.59. The van der Waals surface area contributed by atoms with Gasteiger partial charge in [-0.2, -0.15) is 0 Å². The molecule has 0 aliphatic carbocycles. The van der Waals surface area contributed by atoms with Crippen molar-refractivity contribution in [2.75, 3.05) is 26.2 Å². The lowest BCUT2D eigenvalue weighted by Crippen LogP contribution is -2.45. The first kappa shape index (κ1) is 19.9. The Kier molecular flexibility index (Phi) is 7.05. The summed E-state index contributed by atoms with van der Waals surface area (Å²) < 4.78 is 5.53. The van der Waals surface area contributed by atoms with Crippen LogP contribution in [0.3, 0.4) is 0 Å². The minimum Gasteiger partial charge on any atom is -0.366 e. The number of ether oxygens (including phenoxy) is 1. The fraction of sp³-hybridized carbons (Fsp3) is 0.889. The van der Waals surface area contributed by atoms with E-state index in [0.29, 0.717) is 13.1 Å². The molecule has 1 heterocycles. The van der Waals surface area contributed by atoms with Crippen LogP contribution in [0.4, 0.5) is 0 Å². The highest BCUT2D eigenvalue weighted by atomic mass is 16.5. The summed E-state index contributed by atoms with van der Waals surface area (Å²) in [6, 6.07) is 0. The smallest absolute Gasteiger partial charge is 0.248 e. The van der Waals surface area contributed by atoms with Gasteiger partial charge in [0.25, 0.3) is 0 Å². The zero-order chi connectivity index (χ0) is 17.7. The number of carbonyl (C=O) groups is 2. The maximum absolute atomic E-state index is 12.2. The summed E-state index contributed by atoms with van der Waals surface area (Å²) in [5, 5.41) is 3.03. The third kappa shape index (κ3) is 8.35. The zero-order valence-corrected chi connectivity index (χ0v) is 15.7. The lowest BCUT2D eigenvalue weighted by atomic mass is 9.92. The molecule has 0 spiro atoms. The lowest BCUT2D eigenvalue weighted by molar-refractivity contribution is -0.143. The van der Waals surface area contributed by atoms with E-state index in [1.54, 1.807) is 0 Å². The van der Waals surface area contributed by atoms with Gasteiger partial charge in [0.1, 0.15) is 6.61 Å². The van der Waals surface area contributed by atoms with E-state index in [4.69, 9.17) is 4.74 Å². The van der Waals surface area contributed by atoms with Gasteiger partial charge in [-0.3, -0.25) is 9.59 Å². The Hall–Kier alpha value is -1.10. The molecule has 0 aromatic carbocycles. The number of piperidine rings is 1. The third-order valence-electron chi connectivity index (χ3n) is 4.02. The van der Waals surface area contributed by atoms with Crippen LogP contribution in [-0.4, -0.2) is 48.6 Å². The van der Waals surface area contributed by atoms with Crippen LogP contribution in [0.1, 0.15) is 60.8 Å². The van der Waals surface area contributed by atoms with Crippen LogP contribution in [-0.2, 0) is 14.3 Å². The maximum Gasteiger partial charge on any atom is 0.248 e. The molecule has 0 bridgehead atoms. The van der Waals surface area contributed by atoms with Crippen LogP contribution in [0.2, 0.25) is 0 Å². The van der Waals surface area contributed by atoms with Gasteiger partial charge in [0.05, 0.1) is 5.60 Å². The van der Waals surface area contributed by atoms with Crippen molar-refractivity contribution in [1.82, 2.24) is 10.2 Å². The molecule has 134 valence electrons. The molecular formula is C18H34N2O3. The van der Waals surface area contributed by atoms with Gasteiger partial charge < -0.3 is 15.0 Å². The normalized spacial score (nSPS) is 17.2. The van der Waals surface area contributed by atoms with Crippen LogP contribution < -0.4 is 5.32 Å². The summed E-state index contributed by atoms with van der Waals surface area (Å²) in [5.74, 6) is 0.182. The summed E-state index contributed by atoms with van der Waals surface area (Å²) in [6.45, 7) is 14.5. The monoisotopic (exact) mass is 326 g/mol. The van der Waals surface area contributed by atoms with E-state index in [2.05, 4.69) is 26.1 Å². The Labute approximate surface area is 141 Å². The number of nitrogens with zero attached hydrogens (tertiary/aromatic N) is 1. The van der Waals surface area contributed by atoms with E-state index in [-0.39, 0.29) is 35.4 Å². The second-order valence-electron chi connectivity index (χ2n) is 8.66. The van der Waals surface area contributed by atoms with Crippen LogP contribution >= 0.6 is 0 Å². The Bertz CT molecular complexity index is 399. The first-order valence-corrected chi connectivity index (χ1v) is 8.67. The van der Waals surface area contributed by atoms with Gasteiger partial charge in [-0.15, -0.1) is 0 Å². The molecule has 5 nitrogen and oxygen atoms in total. The van der Waals surface area contributed by atoms with E-state index in [9.17, 15) is 9.59 Å². The molecular weight excluding hydrogens is 292 g/mol. The first-order chi connectivity index (χ1) is 10.5. The van der Waals surface area contributed by atoms with Crippen LogP contribution in [0.5, 0.6) is 0 Å². The summed E-state index contributed by atoms with van der Waals surface area (Å²) in [4.78, 5) is 26.1. The van der Waals surface area contributed by atoms with Gasteiger partial charge in [-0.05, 0) is 45.4 Å². The second kappa shape index (κ2) is 8.13. The van der Waals surface area contributed by atoms with Crippen molar-refractivity contribution >= 4 is 11.8 Å². The van der Waals surface area contributed by atoms with Crippen LogP contribution in [0.15, 0.2) is 0 Å². The molecule has 0 unspecified atom stereocenters. The lowest BCUT2D eigenvalue weighted by Gasteiger charge is -2.32. The number of amides is 2. The van der Waals surface area contributed by atoms with Gasteiger partial charge in [0.15, 0.2) is 0 Å². The fourth-order valence-corrected chi connectivity index (χ4v) is 2.47. The fourth-order valence-electron chi connectivity index (χ4n) is 2.47. The summed E-state index contributed by atoms with van der Waals surface area (Å²) in [6.07, 6.45) is 2.45. The van der Waals surface area contributed by atoms with Crippen LogP contribution in [0, 0.1) is 11.3 Å². The average molecular weight is 326 g/mol. The number of hydrogen-bond donors (Lipinski definition) is 1. The molecule has 1 rings (SSSR count). The highest BCUT2D eigenvalue weighted by Crippen LogP contribution is 2.20. The van der Waals surface area contributed by atoms with Gasteiger partial charge in [0, 0.05) is 25.6 Å². The molecule has 0 atom stereocenters. The minimum atomic E-state index is -0.305. The molecule has 1 aliphatic rings. The summed E-state index contributed by atoms with van der Waals surface area (Å²) in [5.41, 5.74) is -0.0724. The second-order valence-corrected chi connectivity index (χ2v) is 8.66. The van der Waals surface area contributed by atoms with Crippen molar-refractivity contribution < 1.29 is 14.3 Å². The van der Waals surface area contributed by atoms with E-state index in [1.165, 1.54) is 0 Å². The van der Waals surface area contributed by atoms with E-state index in [1.807, 2.05) is 25.7 Å². The minimum absolute atomic E-state index is 0.0199. The van der Waals surface area contributed by atoms with Gasteiger partial charge >= 0.3 is 0 Å². The Morgan fingerprint density at radius 1 is 1.09 bits per heavy atom. The molecule has 2 amide bonds. The van der Waals surface area contributed by atoms with Crippen molar-refractivity contribution in [3.05, 3.63) is 0 Å². The SMILES string of the molecule is CC(C)(C)CCNC(=O)C1CCN(C(=O)COC(C)(C)C)CC1. The van der Waals surface area contributed by atoms with E-state index in [0.717, 1.165) is 25.8 Å². The highest BCUT2D eigenvalue weighted by molar-refractivity contribution is 5.80. The molecule has 1 saturated heterocycles. The topological polar surface area (TPSA) is 58.6 Å². The summed E-state index contributed by atoms with van der Waals surface area (Å²) >= 11 is 0.